The minimum atomic E-state index is 0.837. The molecule has 0 saturated heterocycles. The molecule has 0 aliphatic carbocycles. The molecule has 2 radical (unpaired) electrons. The molecule has 0 fully saturated rings. The van der Waals surface area contributed by atoms with E-state index in [-0.39, 0.29) is 0 Å². The van der Waals surface area contributed by atoms with Gasteiger partial charge in [0, 0.05) is 4.43 Å². The molecule has 1 heteroatoms. The lowest BCUT2D eigenvalue weighted by Crippen LogP contribution is -1.75. The average Bonchev–Trinajstić information content (AvgIpc) is 1.90. The Morgan fingerprint density at radius 2 is 1.78 bits per heavy atom. The van der Waals surface area contributed by atoms with Crippen molar-refractivity contribution in [3.05, 3.63) is 42.3 Å². The second kappa shape index (κ2) is 3.20. The van der Waals surface area contributed by atoms with E-state index in [0.717, 1.165) is 9.99 Å². The first-order chi connectivity index (χ1) is 4.33. The van der Waals surface area contributed by atoms with Crippen molar-refractivity contribution < 1.29 is 0 Å². The second-order valence-corrected chi connectivity index (χ2v) is 2.64. The number of hydrogen-bond acceptors (Lipinski definition) is 0. The summed E-state index contributed by atoms with van der Waals surface area (Å²) in [5, 5.41) is 0. The zero-order valence-corrected chi connectivity index (χ0v) is 7.13. The molecule has 0 nitrogen and oxygen atoms in total. The maximum atomic E-state index is 5.48. The van der Waals surface area contributed by atoms with E-state index >= 15 is 0 Å². The molecule has 0 saturated carbocycles. The molecule has 1 aromatic rings. The SMILES string of the molecule is [CH]c1ccc(CI)cc1. The van der Waals surface area contributed by atoms with E-state index in [9.17, 15) is 0 Å². The lowest BCUT2D eigenvalue weighted by Gasteiger charge is -1.93. The van der Waals surface area contributed by atoms with Crippen LogP contribution in [-0.2, 0) is 4.43 Å². The molecule has 0 atom stereocenters. The molecule has 0 bridgehead atoms. The normalized spacial score (nSPS) is 9.56. The van der Waals surface area contributed by atoms with Crippen molar-refractivity contribution in [2.75, 3.05) is 0 Å². The number of halogens is 1. The van der Waals surface area contributed by atoms with Gasteiger partial charge in [0.05, 0.1) is 0 Å². The van der Waals surface area contributed by atoms with Crippen molar-refractivity contribution in [2.24, 2.45) is 0 Å². The predicted octanol–water partition coefficient (Wildman–Crippen LogP) is 2.68. The van der Waals surface area contributed by atoms with E-state index in [0.29, 0.717) is 0 Å². The highest BCUT2D eigenvalue weighted by Gasteiger charge is 1.86. The molecule has 0 unspecified atom stereocenters. The molecular weight excluding hydrogens is 223 g/mol. The Labute approximate surface area is 69.4 Å². The van der Waals surface area contributed by atoms with Gasteiger partial charge in [0.25, 0.3) is 0 Å². The highest BCUT2D eigenvalue weighted by atomic mass is 127. The Bertz CT molecular complexity index is 176. The van der Waals surface area contributed by atoms with Gasteiger partial charge in [-0.1, -0.05) is 46.9 Å². The van der Waals surface area contributed by atoms with E-state index in [1.165, 1.54) is 5.56 Å². The minimum absolute atomic E-state index is 0.837. The van der Waals surface area contributed by atoms with Crippen LogP contribution in [-0.4, -0.2) is 0 Å². The van der Waals surface area contributed by atoms with Crippen molar-refractivity contribution in [1.82, 2.24) is 0 Å². The van der Waals surface area contributed by atoms with Crippen LogP contribution in [0.5, 0.6) is 0 Å². The van der Waals surface area contributed by atoms with Crippen LogP contribution in [0.1, 0.15) is 11.1 Å². The van der Waals surface area contributed by atoms with Crippen LogP contribution in [0, 0.1) is 6.92 Å². The van der Waals surface area contributed by atoms with Crippen molar-refractivity contribution in [3.8, 4) is 0 Å². The monoisotopic (exact) mass is 230 g/mol. The van der Waals surface area contributed by atoms with Crippen LogP contribution in [0.2, 0.25) is 0 Å². The fourth-order valence-electron chi connectivity index (χ4n) is 0.607. The van der Waals surface area contributed by atoms with E-state index in [2.05, 4.69) is 22.6 Å². The van der Waals surface area contributed by atoms with Gasteiger partial charge < -0.3 is 0 Å². The van der Waals surface area contributed by atoms with Crippen molar-refractivity contribution in [3.63, 3.8) is 0 Å². The van der Waals surface area contributed by atoms with Crippen LogP contribution in [0.15, 0.2) is 24.3 Å². The van der Waals surface area contributed by atoms with Gasteiger partial charge in [0.1, 0.15) is 0 Å². The van der Waals surface area contributed by atoms with E-state index in [1.807, 2.05) is 24.3 Å². The summed E-state index contributed by atoms with van der Waals surface area (Å²) >= 11 is 2.32. The molecular formula is C8H7I. The van der Waals surface area contributed by atoms with Gasteiger partial charge in [0.2, 0.25) is 0 Å². The smallest absolute Gasteiger partial charge is 0.0247 e. The van der Waals surface area contributed by atoms with Crippen molar-refractivity contribution in [1.29, 1.82) is 0 Å². The zero-order valence-electron chi connectivity index (χ0n) is 4.97. The maximum Gasteiger partial charge on any atom is 0.0247 e. The molecule has 9 heavy (non-hydrogen) atoms. The summed E-state index contributed by atoms with van der Waals surface area (Å²) in [7, 11) is 0. The average molecular weight is 230 g/mol. The number of benzene rings is 1. The van der Waals surface area contributed by atoms with Gasteiger partial charge in [0.15, 0.2) is 0 Å². The third-order valence-corrected chi connectivity index (χ3v) is 2.01. The van der Waals surface area contributed by atoms with Gasteiger partial charge in [-0.3, -0.25) is 0 Å². The summed E-state index contributed by atoms with van der Waals surface area (Å²) in [4.78, 5) is 0. The summed E-state index contributed by atoms with van der Waals surface area (Å²) in [5.74, 6) is 0. The molecule has 0 amide bonds. The third kappa shape index (κ3) is 1.97. The lowest BCUT2D eigenvalue weighted by atomic mass is 10.2. The van der Waals surface area contributed by atoms with E-state index < -0.39 is 0 Å². The Kier molecular flexibility index (Phi) is 2.51. The quantitative estimate of drug-likeness (QED) is 0.514. The number of hydrogen-bond donors (Lipinski definition) is 0. The molecule has 0 aliphatic heterocycles. The molecule has 0 spiro atoms. The Morgan fingerprint density at radius 1 is 1.22 bits per heavy atom. The Morgan fingerprint density at radius 3 is 2.22 bits per heavy atom. The molecule has 0 N–H and O–H groups in total. The van der Waals surface area contributed by atoms with E-state index in [4.69, 9.17) is 6.92 Å². The first-order valence-corrected chi connectivity index (χ1v) is 4.26. The van der Waals surface area contributed by atoms with Gasteiger partial charge in [-0.25, -0.2) is 0 Å². The topological polar surface area (TPSA) is 0 Å². The first kappa shape index (κ1) is 7.06. The molecule has 1 aromatic carbocycles. The Hall–Kier alpha value is -0.0500. The molecule has 1 rings (SSSR count). The third-order valence-electron chi connectivity index (χ3n) is 1.13. The van der Waals surface area contributed by atoms with Gasteiger partial charge in [-0.2, -0.15) is 0 Å². The summed E-state index contributed by atoms with van der Waals surface area (Å²) in [6, 6.07) is 7.94. The van der Waals surface area contributed by atoms with Crippen LogP contribution < -0.4 is 0 Å². The predicted molar refractivity (Wildman–Crippen MR) is 47.6 cm³/mol. The molecule has 46 valence electrons. The minimum Gasteiger partial charge on any atom is -0.0812 e. The standard InChI is InChI=1S/C8H7I/c1-7-2-4-8(6-9)5-3-7/h1-5H,6H2. The second-order valence-electron chi connectivity index (χ2n) is 1.88. The largest absolute Gasteiger partial charge is 0.0812 e. The summed E-state index contributed by atoms with van der Waals surface area (Å²) in [6.45, 7) is 5.48. The summed E-state index contributed by atoms with van der Waals surface area (Å²) < 4.78 is 1.05. The first-order valence-electron chi connectivity index (χ1n) is 2.73. The van der Waals surface area contributed by atoms with Gasteiger partial charge in [-0.05, 0) is 18.1 Å². The fourth-order valence-corrected chi connectivity index (χ4v) is 1.12. The highest BCUT2D eigenvalue weighted by molar-refractivity contribution is 14.1. The van der Waals surface area contributed by atoms with Crippen molar-refractivity contribution >= 4 is 22.6 Å². The molecule has 0 aliphatic rings. The van der Waals surface area contributed by atoms with Gasteiger partial charge >= 0.3 is 0 Å². The lowest BCUT2D eigenvalue weighted by molar-refractivity contribution is 1.44. The van der Waals surface area contributed by atoms with Crippen LogP contribution in [0.3, 0.4) is 0 Å². The zero-order chi connectivity index (χ0) is 6.69. The number of alkyl halides is 1. The molecule has 0 aromatic heterocycles. The summed E-state index contributed by atoms with van der Waals surface area (Å²) in [5.41, 5.74) is 2.16. The van der Waals surface area contributed by atoms with Crippen molar-refractivity contribution in [2.45, 2.75) is 4.43 Å². The summed E-state index contributed by atoms with van der Waals surface area (Å²) in [6.07, 6.45) is 0. The molecule has 0 heterocycles. The van der Waals surface area contributed by atoms with Crippen LogP contribution >= 0.6 is 22.6 Å². The van der Waals surface area contributed by atoms with E-state index in [1.54, 1.807) is 0 Å². The van der Waals surface area contributed by atoms with Crippen LogP contribution in [0.4, 0.5) is 0 Å². The fraction of sp³-hybridized carbons (Fsp3) is 0.125. The highest BCUT2D eigenvalue weighted by Crippen LogP contribution is 2.06. The Balaban J connectivity index is 2.88. The number of rotatable bonds is 1. The maximum absolute atomic E-state index is 5.48. The van der Waals surface area contributed by atoms with Crippen LogP contribution in [0.25, 0.3) is 0 Å². The van der Waals surface area contributed by atoms with Gasteiger partial charge in [-0.15, -0.1) is 0 Å².